The van der Waals surface area contributed by atoms with E-state index in [1.807, 2.05) is 48.3 Å². The van der Waals surface area contributed by atoms with Crippen molar-refractivity contribution in [1.29, 1.82) is 0 Å². The third kappa shape index (κ3) is 3.90. The van der Waals surface area contributed by atoms with Crippen molar-refractivity contribution in [3.63, 3.8) is 0 Å². The van der Waals surface area contributed by atoms with E-state index in [0.717, 1.165) is 11.1 Å². The summed E-state index contributed by atoms with van der Waals surface area (Å²) in [7, 11) is 0. The molecule has 0 fully saturated rings. The fourth-order valence-electron chi connectivity index (χ4n) is 5.03. The van der Waals surface area contributed by atoms with Crippen LogP contribution in [0.25, 0.3) is 64.7 Å². The molecule has 0 radical (unpaired) electrons. The minimum absolute atomic E-state index is 1.13. The van der Waals surface area contributed by atoms with Crippen molar-refractivity contribution in [1.82, 2.24) is 9.97 Å². The predicted octanol–water partition coefficient (Wildman–Crippen LogP) is 9.51. The second-order valence-electron chi connectivity index (χ2n) is 9.10. The highest BCUT2D eigenvalue weighted by atomic mass is 32.1. The number of fused-ring (bicyclic) bond motifs is 3. The molecule has 174 valence electrons. The zero-order chi connectivity index (χ0) is 24.6. The number of aromatic nitrogens is 2. The van der Waals surface area contributed by atoms with Crippen molar-refractivity contribution in [2.24, 2.45) is 0 Å². The van der Waals surface area contributed by atoms with Crippen LogP contribution in [0, 0.1) is 0 Å². The summed E-state index contributed by atoms with van der Waals surface area (Å²) in [6, 6.07) is 39.1. The van der Waals surface area contributed by atoms with Crippen LogP contribution in [0.2, 0.25) is 0 Å². The molecule has 0 amide bonds. The van der Waals surface area contributed by atoms with E-state index in [9.17, 15) is 0 Å². The van der Waals surface area contributed by atoms with Crippen molar-refractivity contribution in [2.45, 2.75) is 0 Å². The first-order valence-electron chi connectivity index (χ1n) is 12.3. The Bertz CT molecular complexity index is 1700. The summed E-state index contributed by atoms with van der Waals surface area (Å²) in [4.78, 5) is 8.52. The van der Waals surface area contributed by atoms with Gasteiger partial charge in [-0.1, -0.05) is 97.1 Å². The Balaban J connectivity index is 1.32. The molecule has 2 nitrogen and oxygen atoms in total. The fraction of sp³-hybridized carbons (Fsp3) is 0. The maximum atomic E-state index is 4.26. The number of hydrogen-bond acceptors (Lipinski definition) is 3. The van der Waals surface area contributed by atoms with Gasteiger partial charge in [0, 0.05) is 45.0 Å². The SMILES string of the molecule is c1cncc(-c2ccc(-c3cccc4c3sc3c(-c5ccc(-c6cccnc6)cc5)cccc34)cc2)c1. The van der Waals surface area contributed by atoms with Crippen molar-refractivity contribution >= 4 is 31.5 Å². The van der Waals surface area contributed by atoms with Crippen LogP contribution in [-0.2, 0) is 0 Å². The van der Waals surface area contributed by atoms with Gasteiger partial charge in [0.25, 0.3) is 0 Å². The van der Waals surface area contributed by atoms with Crippen LogP contribution >= 0.6 is 11.3 Å². The number of pyridine rings is 2. The molecule has 3 heteroatoms. The van der Waals surface area contributed by atoms with E-state index in [4.69, 9.17) is 0 Å². The minimum Gasteiger partial charge on any atom is -0.264 e. The van der Waals surface area contributed by atoms with Gasteiger partial charge in [-0.05, 0) is 56.6 Å². The maximum absolute atomic E-state index is 4.26. The lowest BCUT2D eigenvalue weighted by molar-refractivity contribution is 1.33. The van der Waals surface area contributed by atoms with Crippen molar-refractivity contribution in [2.75, 3.05) is 0 Å². The average molecular weight is 491 g/mol. The van der Waals surface area contributed by atoms with Crippen molar-refractivity contribution in [3.05, 3.63) is 134 Å². The van der Waals surface area contributed by atoms with Gasteiger partial charge in [0.15, 0.2) is 0 Å². The van der Waals surface area contributed by atoms with E-state index in [1.165, 1.54) is 53.6 Å². The highest BCUT2D eigenvalue weighted by Gasteiger charge is 2.14. The summed E-state index contributed by atoms with van der Waals surface area (Å²) >= 11 is 1.89. The molecule has 0 saturated carbocycles. The summed E-state index contributed by atoms with van der Waals surface area (Å²) in [6.07, 6.45) is 7.44. The minimum atomic E-state index is 1.13. The average Bonchev–Trinajstić information content (AvgIpc) is 3.38. The van der Waals surface area contributed by atoms with Gasteiger partial charge in [-0.25, -0.2) is 0 Å². The van der Waals surface area contributed by atoms with Crippen LogP contribution < -0.4 is 0 Å². The number of rotatable bonds is 4. The van der Waals surface area contributed by atoms with Crippen LogP contribution in [0.3, 0.4) is 0 Å². The van der Waals surface area contributed by atoms with Gasteiger partial charge >= 0.3 is 0 Å². The van der Waals surface area contributed by atoms with Crippen LogP contribution in [0.15, 0.2) is 134 Å². The molecule has 0 atom stereocenters. The first kappa shape index (κ1) is 21.7. The van der Waals surface area contributed by atoms with Crippen LogP contribution in [0.5, 0.6) is 0 Å². The molecule has 0 N–H and O–H groups in total. The van der Waals surface area contributed by atoms with Gasteiger partial charge in [-0.15, -0.1) is 11.3 Å². The molecule has 0 unspecified atom stereocenters. The van der Waals surface area contributed by atoms with E-state index < -0.39 is 0 Å². The van der Waals surface area contributed by atoms with Gasteiger partial charge < -0.3 is 0 Å². The maximum Gasteiger partial charge on any atom is 0.0434 e. The van der Waals surface area contributed by atoms with E-state index in [2.05, 4.69) is 107 Å². The molecule has 4 aromatic carbocycles. The highest BCUT2D eigenvalue weighted by molar-refractivity contribution is 7.26. The van der Waals surface area contributed by atoms with Gasteiger partial charge in [-0.3, -0.25) is 9.97 Å². The second-order valence-corrected chi connectivity index (χ2v) is 10.1. The first-order chi connectivity index (χ1) is 18.3. The smallest absolute Gasteiger partial charge is 0.0434 e. The lowest BCUT2D eigenvalue weighted by Crippen LogP contribution is -1.82. The summed E-state index contributed by atoms with van der Waals surface area (Å²) in [6.45, 7) is 0. The molecule has 0 bridgehead atoms. The largest absolute Gasteiger partial charge is 0.264 e. The Hall–Kier alpha value is -4.60. The van der Waals surface area contributed by atoms with E-state index in [-0.39, 0.29) is 0 Å². The fourth-order valence-corrected chi connectivity index (χ4v) is 6.40. The summed E-state index contributed by atoms with van der Waals surface area (Å²) in [5, 5.41) is 2.62. The summed E-state index contributed by atoms with van der Waals surface area (Å²) < 4.78 is 2.65. The second kappa shape index (κ2) is 9.12. The predicted molar refractivity (Wildman–Crippen MR) is 157 cm³/mol. The van der Waals surface area contributed by atoms with E-state index in [0.29, 0.717) is 0 Å². The summed E-state index contributed by atoms with van der Waals surface area (Å²) in [5.41, 5.74) is 9.62. The Labute approximate surface area is 219 Å². The molecule has 0 aliphatic heterocycles. The molecule has 7 aromatic rings. The molecule has 0 saturated heterocycles. The van der Waals surface area contributed by atoms with Gasteiger partial charge in [0.1, 0.15) is 0 Å². The molecule has 37 heavy (non-hydrogen) atoms. The van der Waals surface area contributed by atoms with E-state index in [1.54, 1.807) is 0 Å². The van der Waals surface area contributed by atoms with Crippen LogP contribution in [0.1, 0.15) is 0 Å². The summed E-state index contributed by atoms with van der Waals surface area (Å²) in [5.74, 6) is 0. The Morgan fingerprint density at radius 2 is 0.811 bits per heavy atom. The Morgan fingerprint density at radius 1 is 0.378 bits per heavy atom. The number of thiophene rings is 1. The monoisotopic (exact) mass is 490 g/mol. The number of benzene rings is 4. The van der Waals surface area contributed by atoms with Crippen LogP contribution in [-0.4, -0.2) is 9.97 Å². The zero-order valence-corrected chi connectivity index (χ0v) is 20.8. The molecule has 7 rings (SSSR count). The van der Waals surface area contributed by atoms with Crippen molar-refractivity contribution < 1.29 is 0 Å². The lowest BCUT2D eigenvalue weighted by atomic mass is 9.98. The van der Waals surface area contributed by atoms with Gasteiger partial charge in [-0.2, -0.15) is 0 Å². The standard InChI is InChI=1S/C34H22N2S/c1-7-29(25-15-11-23(12-16-25)27-5-3-19-35-21-27)33-31(9-1)32-10-2-8-30(34(32)37-33)26-17-13-24(14-18-26)28-6-4-20-36-22-28/h1-22H. The lowest BCUT2D eigenvalue weighted by Gasteiger charge is -2.06. The molecule has 3 aromatic heterocycles. The zero-order valence-electron chi connectivity index (χ0n) is 20.0. The normalized spacial score (nSPS) is 11.2. The Morgan fingerprint density at radius 3 is 1.22 bits per heavy atom. The van der Waals surface area contributed by atoms with Crippen LogP contribution in [0.4, 0.5) is 0 Å². The molecule has 0 spiro atoms. The first-order valence-corrected chi connectivity index (χ1v) is 13.1. The highest BCUT2D eigenvalue weighted by Crippen LogP contribution is 2.44. The third-order valence-corrected chi connectivity index (χ3v) is 8.19. The molecule has 0 aliphatic rings. The molecular weight excluding hydrogens is 468 g/mol. The van der Waals surface area contributed by atoms with Crippen molar-refractivity contribution in [3.8, 4) is 44.5 Å². The van der Waals surface area contributed by atoms with Gasteiger partial charge in [0.05, 0.1) is 0 Å². The topological polar surface area (TPSA) is 25.8 Å². The molecular formula is C34H22N2S. The quantitative estimate of drug-likeness (QED) is 0.245. The Kier molecular flexibility index (Phi) is 5.34. The number of hydrogen-bond donors (Lipinski definition) is 0. The third-order valence-electron chi connectivity index (χ3n) is 6.91. The molecule has 3 heterocycles. The number of nitrogens with zero attached hydrogens (tertiary/aromatic N) is 2. The van der Waals surface area contributed by atoms with E-state index >= 15 is 0 Å². The van der Waals surface area contributed by atoms with Gasteiger partial charge in [0.2, 0.25) is 0 Å². The molecule has 0 aliphatic carbocycles.